The SMILES string of the molecule is O=S(O)c1c(O)c(S(=O)O)c(O)c(S(=O)O)c1O. The maximum absolute atomic E-state index is 10.9. The van der Waals surface area contributed by atoms with E-state index < -0.39 is 65.2 Å². The number of aromatic hydroxyl groups is 3. The van der Waals surface area contributed by atoms with Crippen molar-refractivity contribution in [2.45, 2.75) is 14.7 Å². The third-order valence-electron chi connectivity index (χ3n) is 1.81. The standard InChI is InChI=1S/C6H6O9S3/c7-1-4(16(10)11)2(8)6(18(14)15)3(9)5(1)17(12)13/h7-9H,(H,10,11)(H,12,13)(H,14,15). The summed E-state index contributed by atoms with van der Waals surface area (Å²) in [6.45, 7) is 0. The van der Waals surface area contributed by atoms with E-state index in [-0.39, 0.29) is 0 Å². The molecule has 0 aromatic heterocycles. The van der Waals surface area contributed by atoms with Gasteiger partial charge in [0.15, 0.2) is 65.2 Å². The topological polar surface area (TPSA) is 173 Å². The van der Waals surface area contributed by atoms with Gasteiger partial charge in [0.2, 0.25) is 0 Å². The van der Waals surface area contributed by atoms with E-state index in [9.17, 15) is 27.9 Å². The van der Waals surface area contributed by atoms with E-state index in [1.165, 1.54) is 0 Å². The molecule has 3 unspecified atom stereocenters. The van der Waals surface area contributed by atoms with Crippen LogP contribution in [0.3, 0.4) is 0 Å². The minimum atomic E-state index is -3.02. The van der Waals surface area contributed by atoms with Crippen LogP contribution in [0, 0.1) is 0 Å². The van der Waals surface area contributed by atoms with Crippen molar-refractivity contribution in [3.8, 4) is 17.2 Å². The average Bonchev–Trinajstić information content (AvgIpc) is 2.14. The second kappa shape index (κ2) is 5.29. The monoisotopic (exact) mass is 318 g/mol. The lowest BCUT2D eigenvalue weighted by Crippen LogP contribution is -2.02. The summed E-state index contributed by atoms with van der Waals surface area (Å²) in [5.74, 6) is -3.96. The molecule has 0 bridgehead atoms. The van der Waals surface area contributed by atoms with Crippen LogP contribution >= 0.6 is 0 Å². The van der Waals surface area contributed by atoms with Gasteiger partial charge in [0.05, 0.1) is 0 Å². The minimum Gasteiger partial charge on any atom is -0.505 e. The largest absolute Gasteiger partial charge is 0.505 e. The van der Waals surface area contributed by atoms with Crippen LogP contribution in [0.1, 0.15) is 0 Å². The van der Waals surface area contributed by atoms with Crippen molar-refractivity contribution in [3.63, 3.8) is 0 Å². The predicted octanol–water partition coefficient (Wildman–Crippen LogP) is -0.455. The van der Waals surface area contributed by atoms with Crippen LogP contribution < -0.4 is 0 Å². The third-order valence-corrected chi connectivity index (χ3v) is 4.02. The van der Waals surface area contributed by atoms with Crippen LogP contribution in [0.5, 0.6) is 17.2 Å². The smallest absolute Gasteiger partial charge is 0.194 e. The molecule has 12 heteroatoms. The molecule has 0 aliphatic carbocycles. The Hall–Kier alpha value is -1.05. The number of benzene rings is 1. The summed E-state index contributed by atoms with van der Waals surface area (Å²) in [6, 6.07) is 0. The summed E-state index contributed by atoms with van der Waals surface area (Å²) >= 11 is -9.05. The molecule has 0 spiro atoms. The summed E-state index contributed by atoms with van der Waals surface area (Å²) in [6.07, 6.45) is 0. The van der Waals surface area contributed by atoms with E-state index in [1.807, 2.05) is 0 Å². The molecule has 1 aromatic carbocycles. The average molecular weight is 318 g/mol. The molecule has 0 fully saturated rings. The maximum atomic E-state index is 10.9. The van der Waals surface area contributed by atoms with Crippen LogP contribution in [0.25, 0.3) is 0 Å². The second-order valence-corrected chi connectivity index (χ2v) is 5.50. The van der Waals surface area contributed by atoms with Crippen molar-refractivity contribution in [2.24, 2.45) is 0 Å². The van der Waals surface area contributed by atoms with Crippen LogP contribution in [-0.4, -0.2) is 41.6 Å². The van der Waals surface area contributed by atoms with Gasteiger partial charge in [-0.3, -0.25) is 0 Å². The normalized spacial score (nSPS) is 16.2. The van der Waals surface area contributed by atoms with Gasteiger partial charge in [-0.05, 0) is 0 Å². The van der Waals surface area contributed by atoms with E-state index in [4.69, 9.17) is 13.7 Å². The maximum Gasteiger partial charge on any atom is 0.194 e. The fraction of sp³-hybridized carbons (Fsp3) is 0. The van der Waals surface area contributed by atoms with E-state index >= 15 is 0 Å². The van der Waals surface area contributed by atoms with Crippen LogP contribution in [-0.2, 0) is 33.2 Å². The molecule has 6 N–H and O–H groups in total. The molecule has 1 aromatic rings. The number of hydrogen-bond acceptors (Lipinski definition) is 6. The first kappa shape index (κ1) is 15.0. The van der Waals surface area contributed by atoms with Crippen molar-refractivity contribution >= 4 is 33.2 Å². The van der Waals surface area contributed by atoms with Crippen molar-refractivity contribution in [1.29, 1.82) is 0 Å². The fourth-order valence-corrected chi connectivity index (χ4v) is 2.94. The fourth-order valence-electron chi connectivity index (χ4n) is 1.14. The van der Waals surface area contributed by atoms with E-state index in [0.29, 0.717) is 0 Å². The molecule has 102 valence electrons. The predicted molar refractivity (Wildman–Crippen MR) is 58.5 cm³/mol. The van der Waals surface area contributed by atoms with Gasteiger partial charge < -0.3 is 29.0 Å². The van der Waals surface area contributed by atoms with Crippen LogP contribution in [0.2, 0.25) is 0 Å². The lowest BCUT2D eigenvalue weighted by atomic mass is 10.3. The van der Waals surface area contributed by atoms with Crippen molar-refractivity contribution in [1.82, 2.24) is 0 Å². The van der Waals surface area contributed by atoms with Crippen molar-refractivity contribution in [2.75, 3.05) is 0 Å². The minimum absolute atomic E-state index is 1.15. The Morgan fingerprint density at radius 2 is 0.722 bits per heavy atom. The molecule has 0 amide bonds. The first-order valence-electron chi connectivity index (χ1n) is 3.83. The molecule has 9 nitrogen and oxygen atoms in total. The van der Waals surface area contributed by atoms with Gasteiger partial charge in [0, 0.05) is 0 Å². The molecule has 18 heavy (non-hydrogen) atoms. The Balaban J connectivity index is 3.94. The zero-order chi connectivity index (χ0) is 14.2. The summed E-state index contributed by atoms with van der Waals surface area (Å²) in [5.41, 5.74) is 0. The van der Waals surface area contributed by atoms with E-state index in [2.05, 4.69) is 0 Å². The molecule has 0 radical (unpaired) electrons. The van der Waals surface area contributed by atoms with Gasteiger partial charge in [-0.15, -0.1) is 0 Å². The molecule has 0 heterocycles. The molecule has 0 saturated carbocycles. The summed E-state index contributed by atoms with van der Waals surface area (Å²) < 4.78 is 58.9. The van der Waals surface area contributed by atoms with E-state index in [0.717, 1.165) is 0 Å². The number of rotatable bonds is 3. The Morgan fingerprint density at radius 1 is 0.556 bits per heavy atom. The van der Waals surface area contributed by atoms with Crippen LogP contribution in [0.4, 0.5) is 0 Å². The lowest BCUT2D eigenvalue weighted by molar-refractivity contribution is 0.368. The third kappa shape index (κ3) is 2.38. The molecule has 0 saturated heterocycles. The van der Waals surface area contributed by atoms with Crippen LogP contribution in [0.15, 0.2) is 14.7 Å². The Bertz CT molecular complexity index is 478. The van der Waals surface area contributed by atoms with Gasteiger partial charge >= 0.3 is 0 Å². The molecular formula is C6H6O9S3. The highest BCUT2D eigenvalue weighted by Crippen LogP contribution is 2.46. The summed E-state index contributed by atoms with van der Waals surface area (Å²) in [4.78, 5) is -3.45. The number of hydrogen-bond donors (Lipinski definition) is 6. The first-order chi connectivity index (χ1) is 8.20. The first-order valence-corrected chi connectivity index (χ1v) is 7.15. The number of phenols is 3. The van der Waals surface area contributed by atoms with Gasteiger partial charge in [0.1, 0.15) is 0 Å². The zero-order valence-corrected chi connectivity index (χ0v) is 10.6. The van der Waals surface area contributed by atoms with Crippen molar-refractivity contribution < 1.29 is 41.6 Å². The lowest BCUT2D eigenvalue weighted by Gasteiger charge is -2.12. The highest BCUT2D eigenvalue weighted by Gasteiger charge is 2.31. The quantitative estimate of drug-likeness (QED) is 0.403. The molecular weight excluding hydrogens is 312 g/mol. The molecule has 0 aliphatic rings. The highest BCUT2D eigenvalue weighted by molar-refractivity contribution is 7.81. The number of phenolic OH excluding ortho intramolecular Hbond substituents is 3. The summed E-state index contributed by atoms with van der Waals surface area (Å²) in [5, 5.41) is 28.2. The van der Waals surface area contributed by atoms with Gasteiger partial charge in [0.25, 0.3) is 0 Å². The second-order valence-electron chi connectivity index (χ2n) is 2.78. The van der Waals surface area contributed by atoms with Crippen molar-refractivity contribution in [3.05, 3.63) is 0 Å². The van der Waals surface area contributed by atoms with Gasteiger partial charge in [-0.2, -0.15) is 0 Å². The molecule has 1 rings (SSSR count). The van der Waals surface area contributed by atoms with E-state index in [1.54, 1.807) is 0 Å². The van der Waals surface area contributed by atoms with Gasteiger partial charge in [-0.25, -0.2) is 12.6 Å². The Labute approximate surface area is 107 Å². The molecule has 0 aliphatic heterocycles. The Morgan fingerprint density at radius 3 is 0.833 bits per heavy atom. The summed E-state index contributed by atoms with van der Waals surface area (Å²) in [7, 11) is 0. The van der Waals surface area contributed by atoms with Gasteiger partial charge in [-0.1, -0.05) is 0 Å². The highest BCUT2D eigenvalue weighted by atomic mass is 32.2. The Kier molecular flexibility index (Phi) is 4.41. The zero-order valence-electron chi connectivity index (χ0n) is 8.13. The molecule has 3 atom stereocenters.